The molecule has 0 spiro atoms. The molecule has 3 heteroatoms. The summed E-state index contributed by atoms with van der Waals surface area (Å²) in [5.74, 6) is 1.73. The van der Waals surface area contributed by atoms with Crippen LogP contribution >= 0.6 is 7.92 Å². The Balaban J connectivity index is 1.89. The first kappa shape index (κ1) is 22.9. The maximum atomic E-state index is 5.82. The second kappa shape index (κ2) is 10.6. The molecule has 5 rings (SSSR count). The van der Waals surface area contributed by atoms with E-state index in [-0.39, 0.29) is 0 Å². The van der Waals surface area contributed by atoms with Gasteiger partial charge < -0.3 is 9.47 Å². The van der Waals surface area contributed by atoms with E-state index >= 15 is 0 Å². The number of methoxy groups -OCH3 is 2. The van der Waals surface area contributed by atoms with E-state index in [4.69, 9.17) is 9.47 Å². The highest BCUT2D eigenvalue weighted by Gasteiger charge is 2.26. The summed E-state index contributed by atoms with van der Waals surface area (Å²) in [7, 11) is 2.59. The molecular weight excluding hydrogens is 447 g/mol. The normalized spacial score (nSPS) is 10.8. The summed E-state index contributed by atoms with van der Waals surface area (Å²) < 4.78 is 11.6. The van der Waals surface area contributed by atoms with E-state index in [9.17, 15) is 0 Å². The number of hydrogen-bond donors (Lipinski definition) is 0. The zero-order valence-electron chi connectivity index (χ0n) is 19.9. The molecule has 35 heavy (non-hydrogen) atoms. The molecular formula is C32H27O2P. The van der Waals surface area contributed by atoms with Crippen molar-refractivity contribution >= 4 is 23.8 Å². The van der Waals surface area contributed by atoms with Crippen molar-refractivity contribution < 1.29 is 9.47 Å². The molecule has 5 aromatic carbocycles. The molecule has 0 fully saturated rings. The van der Waals surface area contributed by atoms with Gasteiger partial charge >= 0.3 is 0 Å². The summed E-state index contributed by atoms with van der Waals surface area (Å²) in [5.41, 5.74) is 4.51. The molecule has 0 N–H and O–H groups in total. The number of benzene rings is 5. The lowest BCUT2D eigenvalue weighted by Crippen LogP contribution is -2.24. The van der Waals surface area contributed by atoms with Crippen molar-refractivity contribution in [2.75, 3.05) is 14.2 Å². The van der Waals surface area contributed by atoms with Crippen LogP contribution in [0.3, 0.4) is 0 Å². The van der Waals surface area contributed by atoms with Gasteiger partial charge in [0.05, 0.1) is 14.2 Å². The van der Waals surface area contributed by atoms with Crippen LogP contribution in [0, 0.1) is 0 Å². The minimum atomic E-state index is -0.881. The predicted molar refractivity (Wildman–Crippen MR) is 149 cm³/mol. The third-order valence-corrected chi connectivity index (χ3v) is 8.64. The fourth-order valence-electron chi connectivity index (χ4n) is 4.51. The highest BCUT2D eigenvalue weighted by atomic mass is 31.1. The first-order valence-electron chi connectivity index (χ1n) is 11.6. The molecule has 0 radical (unpaired) electrons. The Morgan fingerprint density at radius 2 is 0.771 bits per heavy atom. The van der Waals surface area contributed by atoms with Gasteiger partial charge in [-0.05, 0) is 41.8 Å². The molecule has 5 aromatic rings. The van der Waals surface area contributed by atoms with Crippen molar-refractivity contribution in [1.82, 2.24) is 0 Å². The maximum absolute atomic E-state index is 5.82. The summed E-state index contributed by atoms with van der Waals surface area (Å²) in [6.07, 6.45) is 0. The topological polar surface area (TPSA) is 18.5 Å². The molecule has 0 amide bonds. The van der Waals surface area contributed by atoms with Gasteiger partial charge in [-0.15, -0.1) is 0 Å². The van der Waals surface area contributed by atoms with Gasteiger partial charge in [-0.2, -0.15) is 0 Å². The lowest BCUT2D eigenvalue weighted by molar-refractivity contribution is 0.416. The Kier molecular flexibility index (Phi) is 6.93. The molecule has 0 aliphatic rings. The maximum Gasteiger partial charge on any atom is 0.126 e. The zero-order valence-corrected chi connectivity index (χ0v) is 20.8. The van der Waals surface area contributed by atoms with Gasteiger partial charge in [0.15, 0.2) is 0 Å². The molecule has 2 nitrogen and oxygen atoms in total. The number of hydrogen-bond acceptors (Lipinski definition) is 2. The Bertz CT molecular complexity index is 1310. The molecule has 0 saturated carbocycles. The van der Waals surface area contributed by atoms with E-state index in [1.165, 1.54) is 27.0 Å². The molecule has 0 heterocycles. The SMILES string of the molecule is COc1ccccc1-c1cccc(-c2ccccc2OC)c1P(c1ccccc1)c1ccccc1. The first-order valence-corrected chi connectivity index (χ1v) is 13.0. The number of para-hydroxylation sites is 2. The standard InChI is InChI=1S/C32H27O2P/c1-33-30-22-11-9-18-26(30)28-20-13-21-29(27-19-10-12-23-31(27)34-2)32(28)35(24-14-5-3-6-15-24)25-16-7-4-8-17-25/h3-23H,1-2H3. The minimum Gasteiger partial charge on any atom is -0.496 e. The zero-order chi connectivity index (χ0) is 24.0. The molecule has 0 bridgehead atoms. The monoisotopic (exact) mass is 474 g/mol. The van der Waals surface area contributed by atoms with Crippen LogP contribution in [0.4, 0.5) is 0 Å². The van der Waals surface area contributed by atoms with E-state index in [2.05, 4.69) is 103 Å². The van der Waals surface area contributed by atoms with Crippen LogP contribution in [-0.2, 0) is 0 Å². The fourth-order valence-corrected chi connectivity index (χ4v) is 7.14. The third-order valence-electron chi connectivity index (χ3n) is 6.08. The average Bonchev–Trinajstić information content (AvgIpc) is 2.94. The quantitative estimate of drug-likeness (QED) is 0.242. The summed E-state index contributed by atoms with van der Waals surface area (Å²) in [6.45, 7) is 0. The summed E-state index contributed by atoms with van der Waals surface area (Å²) in [6, 6.07) is 44.7. The summed E-state index contributed by atoms with van der Waals surface area (Å²) in [5, 5.41) is 3.88. The molecule has 0 atom stereocenters. The third kappa shape index (κ3) is 4.58. The van der Waals surface area contributed by atoms with E-state index in [0.717, 1.165) is 22.6 Å². The van der Waals surface area contributed by atoms with E-state index in [0.29, 0.717) is 0 Å². The molecule has 0 aliphatic heterocycles. The van der Waals surface area contributed by atoms with Crippen molar-refractivity contribution in [1.29, 1.82) is 0 Å². The fraction of sp³-hybridized carbons (Fsp3) is 0.0625. The van der Waals surface area contributed by atoms with Crippen LogP contribution in [0.25, 0.3) is 22.3 Å². The van der Waals surface area contributed by atoms with Gasteiger partial charge in [0, 0.05) is 16.4 Å². The van der Waals surface area contributed by atoms with Crippen LogP contribution < -0.4 is 25.4 Å². The van der Waals surface area contributed by atoms with Crippen molar-refractivity contribution in [3.63, 3.8) is 0 Å². The van der Waals surface area contributed by atoms with Gasteiger partial charge in [0.2, 0.25) is 0 Å². The van der Waals surface area contributed by atoms with Crippen LogP contribution in [0.15, 0.2) is 127 Å². The van der Waals surface area contributed by atoms with Crippen molar-refractivity contribution in [3.8, 4) is 33.8 Å². The smallest absolute Gasteiger partial charge is 0.126 e. The van der Waals surface area contributed by atoms with Gasteiger partial charge in [0.1, 0.15) is 11.5 Å². The van der Waals surface area contributed by atoms with Crippen molar-refractivity contribution in [2.24, 2.45) is 0 Å². The lowest BCUT2D eigenvalue weighted by atomic mass is 9.97. The average molecular weight is 475 g/mol. The highest BCUT2D eigenvalue weighted by Crippen LogP contribution is 2.44. The Morgan fingerprint density at radius 3 is 1.20 bits per heavy atom. The van der Waals surface area contributed by atoms with Gasteiger partial charge in [-0.25, -0.2) is 0 Å². The predicted octanol–water partition coefficient (Wildman–Crippen LogP) is 6.80. The van der Waals surface area contributed by atoms with Gasteiger partial charge in [-0.1, -0.05) is 115 Å². The van der Waals surface area contributed by atoms with Gasteiger partial charge in [-0.3, -0.25) is 0 Å². The number of rotatable bonds is 7. The van der Waals surface area contributed by atoms with Gasteiger partial charge in [0.25, 0.3) is 0 Å². The Morgan fingerprint density at radius 1 is 0.400 bits per heavy atom. The van der Waals surface area contributed by atoms with Crippen molar-refractivity contribution in [3.05, 3.63) is 127 Å². The van der Waals surface area contributed by atoms with Crippen LogP contribution in [0.5, 0.6) is 11.5 Å². The largest absolute Gasteiger partial charge is 0.496 e. The van der Waals surface area contributed by atoms with Crippen molar-refractivity contribution in [2.45, 2.75) is 0 Å². The molecule has 0 aliphatic carbocycles. The van der Waals surface area contributed by atoms with E-state index in [1.807, 2.05) is 24.3 Å². The lowest BCUT2D eigenvalue weighted by Gasteiger charge is -2.26. The second-order valence-electron chi connectivity index (χ2n) is 8.11. The first-order chi connectivity index (χ1) is 17.3. The summed E-state index contributed by atoms with van der Waals surface area (Å²) >= 11 is 0. The molecule has 0 saturated heterocycles. The van der Waals surface area contributed by atoms with Crippen LogP contribution in [0.1, 0.15) is 0 Å². The Labute approximate surface area is 208 Å². The summed E-state index contributed by atoms with van der Waals surface area (Å²) in [4.78, 5) is 0. The number of ether oxygens (including phenoxy) is 2. The second-order valence-corrected chi connectivity index (χ2v) is 10.3. The van der Waals surface area contributed by atoms with E-state index < -0.39 is 7.92 Å². The minimum absolute atomic E-state index is 0.863. The molecule has 172 valence electrons. The van der Waals surface area contributed by atoms with Crippen LogP contribution in [0.2, 0.25) is 0 Å². The highest BCUT2D eigenvalue weighted by molar-refractivity contribution is 7.80. The van der Waals surface area contributed by atoms with E-state index in [1.54, 1.807) is 14.2 Å². The molecule has 0 aromatic heterocycles. The Hall–Kier alpha value is -3.87. The van der Waals surface area contributed by atoms with Crippen LogP contribution in [-0.4, -0.2) is 14.2 Å². The molecule has 0 unspecified atom stereocenters.